The Morgan fingerprint density at radius 2 is 1.93 bits per heavy atom. The summed E-state index contributed by atoms with van der Waals surface area (Å²) < 4.78 is 5.40. The molecular weight excluding hydrogens is 344 g/mol. The minimum Gasteiger partial charge on any atom is -0.444 e. The summed E-state index contributed by atoms with van der Waals surface area (Å²) in [7, 11) is 0. The van der Waals surface area contributed by atoms with Gasteiger partial charge < -0.3 is 4.74 Å². The Bertz CT molecular complexity index is 817. The van der Waals surface area contributed by atoms with E-state index >= 15 is 0 Å². The van der Waals surface area contributed by atoms with E-state index in [1.54, 1.807) is 33.0 Å². The van der Waals surface area contributed by atoms with Crippen molar-refractivity contribution < 1.29 is 14.3 Å². The van der Waals surface area contributed by atoms with E-state index in [2.05, 4.69) is 15.3 Å². The molecule has 0 spiro atoms. The number of carbonyl (C=O) groups excluding carboxylic acids is 2. The fourth-order valence-corrected chi connectivity index (χ4v) is 2.96. The van der Waals surface area contributed by atoms with Gasteiger partial charge in [-0.2, -0.15) is 0 Å². The molecule has 7 nitrogen and oxygen atoms in total. The number of ether oxygens (including phenoxy) is 1. The summed E-state index contributed by atoms with van der Waals surface area (Å²) in [6.45, 7) is 5.91. The minimum atomic E-state index is -0.603. The molecule has 1 atom stereocenters. The number of anilines is 1. The van der Waals surface area contributed by atoms with Crippen LogP contribution in [-0.2, 0) is 9.53 Å². The lowest BCUT2D eigenvalue weighted by molar-refractivity contribution is -0.120. The van der Waals surface area contributed by atoms with Crippen LogP contribution < -0.4 is 5.32 Å². The van der Waals surface area contributed by atoms with Gasteiger partial charge in [0.05, 0.1) is 5.69 Å². The van der Waals surface area contributed by atoms with Crippen molar-refractivity contribution in [2.45, 2.75) is 45.3 Å². The standard InChI is InChI=1S/C20H24N4O3/c1-20(2,3)27-19(26)24-13-7-10-16(24)17(25)23-18-21-12-11-15(22-18)14-8-5-4-6-9-14/h4-6,8-9,11-12,16H,7,10,13H2,1-3H3,(H,21,22,23,25)/t16-/m0/s1. The number of hydrogen-bond acceptors (Lipinski definition) is 5. The maximum Gasteiger partial charge on any atom is 0.410 e. The van der Waals surface area contributed by atoms with Gasteiger partial charge in [-0.1, -0.05) is 30.3 Å². The number of hydrogen-bond donors (Lipinski definition) is 1. The monoisotopic (exact) mass is 368 g/mol. The summed E-state index contributed by atoms with van der Waals surface area (Å²) in [5, 5.41) is 2.73. The summed E-state index contributed by atoms with van der Waals surface area (Å²) in [6.07, 6.45) is 2.47. The van der Waals surface area contributed by atoms with Crippen LogP contribution in [0.25, 0.3) is 11.3 Å². The van der Waals surface area contributed by atoms with Crippen LogP contribution in [0.4, 0.5) is 10.7 Å². The first-order chi connectivity index (χ1) is 12.8. The SMILES string of the molecule is CC(C)(C)OC(=O)N1CCC[C@H]1C(=O)Nc1nccc(-c2ccccc2)n1. The fraction of sp³-hybridized carbons (Fsp3) is 0.400. The lowest BCUT2D eigenvalue weighted by Gasteiger charge is -2.27. The fourth-order valence-electron chi connectivity index (χ4n) is 2.96. The molecule has 1 aliphatic heterocycles. The van der Waals surface area contributed by atoms with E-state index in [1.165, 1.54) is 4.90 Å². The predicted molar refractivity (Wildman–Crippen MR) is 102 cm³/mol. The van der Waals surface area contributed by atoms with Crippen molar-refractivity contribution in [3.63, 3.8) is 0 Å². The van der Waals surface area contributed by atoms with Gasteiger partial charge in [-0.3, -0.25) is 15.0 Å². The zero-order valence-corrected chi connectivity index (χ0v) is 15.8. The van der Waals surface area contributed by atoms with Crippen LogP contribution in [0, 0.1) is 0 Å². The second-order valence-electron chi connectivity index (χ2n) is 7.45. The van der Waals surface area contributed by atoms with Crippen LogP contribution in [0.2, 0.25) is 0 Å². The van der Waals surface area contributed by atoms with Gasteiger partial charge in [0.1, 0.15) is 11.6 Å². The number of carbonyl (C=O) groups is 2. The van der Waals surface area contributed by atoms with Crippen LogP contribution >= 0.6 is 0 Å². The number of likely N-dealkylation sites (tertiary alicyclic amines) is 1. The van der Waals surface area contributed by atoms with Crippen molar-refractivity contribution in [1.82, 2.24) is 14.9 Å². The molecule has 1 aromatic carbocycles. The van der Waals surface area contributed by atoms with E-state index in [0.29, 0.717) is 13.0 Å². The third-order valence-corrected chi connectivity index (χ3v) is 4.14. The topological polar surface area (TPSA) is 84.4 Å². The molecule has 1 fully saturated rings. The van der Waals surface area contributed by atoms with Crippen LogP contribution in [0.5, 0.6) is 0 Å². The molecule has 2 heterocycles. The largest absolute Gasteiger partial charge is 0.444 e. The Morgan fingerprint density at radius 3 is 2.63 bits per heavy atom. The number of nitrogens with one attached hydrogen (secondary N) is 1. The van der Waals surface area contributed by atoms with Crippen molar-refractivity contribution in [2.75, 3.05) is 11.9 Å². The molecule has 0 bridgehead atoms. The van der Waals surface area contributed by atoms with Crippen LogP contribution in [0.15, 0.2) is 42.6 Å². The van der Waals surface area contributed by atoms with Gasteiger partial charge in [0.25, 0.3) is 0 Å². The third-order valence-electron chi connectivity index (χ3n) is 4.14. The van der Waals surface area contributed by atoms with Gasteiger partial charge in [-0.15, -0.1) is 0 Å². The van der Waals surface area contributed by atoms with Crippen molar-refractivity contribution in [3.05, 3.63) is 42.6 Å². The highest BCUT2D eigenvalue weighted by atomic mass is 16.6. The summed E-state index contributed by atoms with van der Waals surface area (Å²) in [6, 6.07) is 10.9. The van der Waals surface area contributed by atoms with Crippen molar-refractivity contribution in [2.24, 2.45) is 0 Å². The molecule has 3 rings (SSSR count). The number of amides is 2. The molecule has 1 aromatic heterocycles. The zero-order chi connectivity index (χ0) is 19.4. The molecule has 1 saturated heterocycles. The Kier molecular flexibility index (Phi) is 5.39. The zero-order valence-electron chi connectivity index (χ0n) is 15.8. The van der Waals surface area contributed by atoms with Gasteiger partial charge >= 0.3 is 6.09 Å². The van der Waals surface area contributed by atoms with Gasteiger partial charge in [-0.05, 0) is 39.7 Å². The van der Waals surface area contributed by atoms with Crippen molar-refractivity contribution in [1.29, 1.82) is 0 Å². The molecule has 27 heavy (non-hydrogen) atoms. The summed E-state index contributed by atoms with van der Waals surface area (Å²) in [5.41, 5.74) is 1.05. The molecule has 2 amide bonds. The van der Waals surface area contributed by atoms with Crippen molar-refractivity contribution >= 4 is 17.9 Å². The molecule has 1 aliphatic rings. The predicted octanol–water partition coefficient (Wildman–Crippen LogP) is 3.48. The van der Waals surface area contributed by atoms with Gasteiger partial charge in [0.2, 0.25) is 11.9 Å². The second kappa shape index (κ2) is 7.73. The second-order valence-corrected chi connectivity index (χ2v) is 7.45. The molecule has 0 radical (unpaired) electrons. The van der Waals surface area contributed by atoms with Crippen LogP contribution in [0.1, 0.15) is 33.6 Å². The van der Waals surface area contributed by atoms with E-state index < -0.39 is 17.7 Å². The third kappa shape index (κ3) is 4.81. The molecule has 1 N–H and O–H groups in total. The quantitative estimate of drug-likeness (QED) is 0.896. The van der Waals surface area contributed by atoms with E-state index in [-0.39, 0.29) is 11.9 Å². The lowest BCUT2D eigenvalue weighted by atomic mass is 10.1. The highest BCUT2D eigenvalue weighted by molar-refractivity contribution is 5.95. The lowest BCUT2D eigenvalue weighted by Crippen LogP contribution is -2.45. The van der Waals surface area contributed by atoms with Crippen LogP contribution in [-0.4, -0.2) is 45.1 Å². The van der Waals surface area contributed by atoms with E-state index in [9.17, 15) is 9.59 Å². The number of benzene rings is 1. The Morgan fingerprint density at radius 1 is 1.19 bits per heavy atom. The summed E-state index contributed by atoms with van der Waals surface area (Å²) in [4.78, 5) is 35.1. The molecular formula is C20H24N4O3. The first-order valence-corrected chi connectivity index (χ1v) is 9.02. The highest BCUT2D eigenvalue weighted by Crippen LogP contribution is 2.22. The average molecular weight is 368 g/mol. The maximum atomic E-state index is 12.7. The van der Waals surface area contributed by atoms with Gasteiger partial charge in [0.15, 0.2) is 0 Å². The van der Waals surface area contributed by atoms with Gasteiger partial charge in [-0.25, -0.2) is 14.8 Å². The number of rotatable bonds is 3. The van der Waals surface area contributed by atoms with E-state index in [0.717, 1.165) is 17.7 Å². The Labute approximate surface area is 158 Å². The van der Waals surface area contributed by atoms with Gasteiger partial charge in [0, 0.05) is 18.3 Å². The summed E-state index contributed by atoms with van der Waals surface area (Å²) in [5.74, 6) is -0.0824. The summed E-state index contributed by atoms with van der Waals surface area (Å²) >= 11 is 0. The number of nitrogens with zero attached hydrogens (tertiary/aromatic N) is 3. The molecule has 0 saturated carbocycles. The maximum absolute atomic E-state index is 12.7. The Balaban J connectivity index is 1.70. The van der Waals surface area contributed by atoms with Crippen molar-refractivity contribution in [3.8, 4) is 11.3 Å². The molecule has 0 unspecified atom stereocenters. The normalized spacial score (nSPS) is 16.9. The van der Waals surface area contributed by atoms with Crippen LogP contribution in [0.3, 0.4) is 0 Å². The molecule has 7 heteroatoms. The Hall–Kier alpha value is -2.96. The van der Waals surface area contributed by atoms with E-state index in [1.807, 2.05) is 30.3 Å². The minimum absolute atomic E-state index is 0.220. The van der Waals surface area contributed by atoms with E-state index in [4.69, 9.17) is 4.74 Å². The smallest absolute Gasteiger partial charge is 0.410 e. The first kappa shape index (κ1) is 18.8. The first-order valence-electron chi connectivity index (χ1n) is 9.02. The number of aromatic nitrogens is 2. The molecule has 0 aliphatic carbocycles. The molecule has 2 aromatic rings. The highest BCUT2D eigenvalue weighted by Gasteiger charge is 2.36. The average Bonchev–Trinajstić information content (AvgIpc) is 3.11. The molecule has 142 valence electrons.